The zero-order chi connectivity index (χ0) is 13.8. The summed E-state index contributed by atoms with van der Waals surface area (Å²) >= 11 is 0. The summed E-state index contributed by atoms with van der Waals surface area (Å²) in [5.41, 5.74) is 2.14. The number of furan rings is 1. The molecule has 0 bridgehead atoms. The van der Waals surface area contributed by atoms with Crippen molar-refractivity contribution in [2.45, 2.75) is 13.0 Å². The molecule has 4 nitrogen and oxygen atoms in total. The van der Waals surface area contributed by atoms with Crippen LogP contribution in [0.15, 0.2) is 65.5 Å². The van der Waals surface area contributed by atoms with Gasteiger partial charge in [-0.2, -0.15) is 5.10 Å². The summed E-state index contributed by atoms with van der Waals surface area (Å²) in [4.78, 5) is 0. The second-order valence-corrected chi connectivity index (χ2v) is 4.56. The SMILES string of the molecule is CCNC(c1cnn(-c2ccccc2)c1)c1ccco1. The van der Waals surface area contributed by atoms with E-state index in [9.17, 15) is 0 Å². The highest BCUT2D eigenvalue weighted by atomic mass is 16.3. The van der Waals surface area contributed by atoms with E-state index in [1.54, 1.807) is 6.26 Å². The molecule has 2 aromatic heterocycles. The lowest BCUT2D eigenvalue weighted by atomic mass is 10.1. The Hall–Kier alpha value is -2.33. The van der Waals surface area contributed by atoms with Crippen molar-refractivity contribution in [3.8, 4) is 5.69 Å². The lowest BCUT2D eigenvalue weighted by molar-refractivity contribution is 0.452. The molecular weight excluding hydrogens is 250 g/mol. The molecule has 1 atom stereocenters. The first-order valence-electron chi connectivity index (χ1n) is 6.75. The van der Waals surface area contributed by atoms with Crippen LogP contribution in [0.5, 0.6) is 0 Å². The molecule has 0 aliphatic rings. The second-order valence-electron chi connectivity index (χ2n) is 4.56. The van der Waals surface area contributed by atoms with Crippen LogP contribution in [0.2, 0.25) is 0 Å². The summed E-state index contributed by atoms with van der Waals surface area (Å²) in [6, 6.07) is 14.0. The summed E-state index contributed by atoms with van der Waals surface area (Å²) in [6.07, 6.45) is 5.61. The molecule has 1 aromatic carbocycles. The van der Waals surface area contributed by atoms with Gasteiger partial charge in [0.05, 0.1) is 24.2 Å². The number of nitrogens with zero attached hydrogens (tertiary/aromatic N) is 2. The lowest BCUT2D eigenvalue weighted by Crippen LogP contribution is -2.21. The Balaban J connectivity index is 1.91. The molecule has 0 amide bonds. The Labute approximate surface area is 118 Å². The predicted octanol–water partition coefficient (Wildman–Crippen LogP) is 3.16. The molecular formula is C16H17N3O. The van der Waals surface area contributed by atoms with Gasteiger partial charge in [-0.25, -0.2) is 4.68 Å². The van der Waals surface area contributed by atoms with Crippen molar-refractivity contribution in [2.75, 3.05) is 6.54 Å². The third-order valence-electron chi connectivity index (χ3n) is 3.19. The van der Waals surface area contributed by atoms with Crippen molar-refractivity contribution in [2.24, 2.45) is 0 Å². The van der Waals surface area contributed by atoms with E-state index in [0.29, 0.717) is 0 Å². The highest BCUT2D eigenvalue weighted by Gasteiger charge is 2.17. The van der Waals surface area contributed by atoms with Crippen LogP contribution in [0, 0.1) is 0 Å². The first kappa shape index (κ1) is 12.7. The van der Waals surface area contributed by atoms with Gasteiger partial charge in [0.15, 0.2) is 0 Å². The first-order chi connectivity index (χ1) is 9.88. The topological polar surface area (TPSA) is 43.0 Å². The summed E-state index contributed by atoms with van der Waals surface area (Å²) in [5.74, 6) is 0.902. The Bertz CT molecular complexity index is 643. The molecule has 0 radical (unpaired) electrons. The number of aromatic nitrogens is 2. The number of nitrogens with one attached hydrogen (secondary N) is 1. The fourth-order valence-corrected chi connectivity index (χ4v) is 2.25. The molecule has 0 saturated carbocycles. The quantitative estimate of drug-likeness (QED) is 0.772. The van der Waals surface area contributed by atoms with Crippen LogP contribution in [0.25, 0.3) is 5.69 Å². The highest BCUT2D eigenvalue weighted by molar-refractivity contribution is 5.32. The average molecular weight is 267 g/mol. The van der Waals surface area contributed by atoms with Gasteiger partial charge < -0.3 is 9.73 Å². The molecule has 2 heterocycles. The molecule has 0 saturated heterocycles. The summed E-state index contributed by atoms with van der Waals surface area (Å²) in [6.45, 7) is 2.94. The Morgan fingerprint density at radius 3 is 2.75 bits per heavy atom. The van der Waals surface area contributed by atoms with Crippen molar-refractivity contribution in [1.82, 2.24) is 15.1 Å². The number of hydrogen-bond donors (Lipinski definition) is 1. The van der Waals surface area contributed by atoms with Gasteiger partial charge in [0.2, 0.25) is 0 Å². The van der Waals surface area contributed by atoms with Crippen LogP contribution in [-0.4, -0.2) is 16.3 Å². The van der Waals surface area contributed by atoms with Gasteiger partial charge in [-0.3, -0.25) is 0 Å². The lowest BCUT2D eigenvalue weighted by Gasteiger charge is -2.13. The van der Waals surface area contributed by atoms with Gasteiger partial charge >= 0.3 is 0 Å². The van der Waals surface area contributed by atoms with Crippen LogP contribution in [0.4, 0.5) is 0 Å². The summed E-state index contributed by atoms with van der Waals surface area (Å²) in [7, 11) is 0. The number of hydrogen-bond acceptors (Lipinski definition) is 3. The zero-order valence-corrected chi connectivity index (χ0v) is 11.4. The first-order valence-corrected chi connectivity index (χ1v) is 6.75. The molecule has 20 heavy (non-hydrogen) atoms. The minimum atomic E-state index is 0.0347. The van der Waals surface area contributed by atoms with Crippen LogP contribution in [0.1, 0.15) is 24.3 Å². The van der Waals surface area contributed by atoms with Crippen molar-refractivity contribution in [3.63, 3.8) is 0 Å². The standard InChI is InChI=1S/C16H17N3O/c1-2-17-16(15-9-6-10-20-15)13-11-18-19(12-13)14-7-4-3-5-8-14/h3-12,16-17H,2H2,1H3. The fourth-order valence-electron chi connectivity index (χ4n) is 2.25. The van der Waals surface area contributed by atoms with E-state index < -0.39 is 0 Å². The van der Waals surface area contributed by atoms with E-state index in [2.05, 4.69) is 17.3 Å². The van der Waals surface area contributed by atoms with Crippen molar-refractivity contribution >= 4 is 0 Å². The maximum Gasteiger partial charge on any atom is 0.125 e. The van der Waals surface area contributed by atoms with Gasteiger partial charge in [-0.15, -0.1) is 0 Å². The predicted molar refractivity (Wildman–Crippen MR) is 77.8 cm³/mol. The van der Waals surface area contributed by atoms with Crippen molar-refractivity contribution < 1.29 is 4.42 Å². The van der Waals surface area contributed by atoms with Gasteiger partial charge in [0.1, 0.15) is 5.76 Å². The van der Waals surface area contributed by atoms with Crippen LogP contribution in [-0.2, 0) is 0 Å². The van der Waals surface area contributed by atoms with Crippen LogP contribution >= 0.6 is 0 Å². The van der Waals surface area contributed by atoms with Crippen LogP contribution in [0.3, 0.4) is 0 Å². The minimum Gasteiger partial charge on any atom is -0.467 e. The molecule has 0 aliphatic carbocycles. The molecule has 1 unspecified atom stereocenters. The van der Waals surface area contributed by atoms with E-state index in [0.717, 1.165) is 23.6 Å². The van der Waals surface area contributed by atoms with Gasteiger partial charge in [-0.1, -0.05) is 25.1 Å². The van der Waals surface area contributed by atoms with Crippen molar-refractivity contribution in [1.29, 1.82) is 0 Å². The van der Waals surface area contributed by atoms with E-state index in [4.69, 9.17) is 4.42 Å². The number of para-hydroxylation sites is 1. The summed E-state index contributed by atoms with van der Waals surface area (Å²) in [5, 5.41) is 7.85. The molecule has 0 aliphatic heterocycles. The summed E-state index contributed by atoms with van der Waals surface area (Å²) < 4.78 is 7.40. The van der Waals surface area contributed by atoms with Crippen molar-refractivity contribution in [3.05, 3.63) is 72.4 Å². The third-order valence-corrected chi connectivity index (χ3v) is 3.19. The second kappa shape index (κ2) is 5.75. The van der Waals surface area contributed by atoms with E-state index in [-0.39, 0.29) is 6.04 Å². The molecule has 102 valence electrons. The van der Waals surface area contributed by atoms with Gasteiger partial charge in [-0.05, 0) is 30.8 Å². The molecule has 3 aromatic rings. The molecule has 0 fully saturated rings. The minimum absolute atomic E-state index is 0.0347. The van der Waals surface area contributed by atoms with E-state index >= 15 is 0 Å². The fraction of sp³-hybridized carbons (Fsp3) is 0.188. The largest absolute Gasteiger partial charge is 0.467 e. The Kier molecular flexibility index (Phi) is 3.65. The van der Waals surface area contributed by atoms with E-state index in [1.165, 1.54) is 0 Å². The average Bonchev–Trinajstić information content (AvgIpc) is 3.17. The molecule has 3 rings (SSSR count). The molecule has 1 N–H and O–H groups in total. The maximum atomic E-state index is 5.52. The number of rotatable bonds is 5. The normalized spacial score (nSPS) is 12.4. The molecule has 4 heteroatoms. The highest BCUT2D eigenvalue weighted by Crippen LogP contribution is 2.22. The Morgan fingerprint density at radius 2 is 2.05 bits per heavy atom. The van der Waals surface area contributed by atoms with Gasteiger partial charge in [0, 0.05) is 11.8 Å². The smallest absolute Gasteiger partial charge is 0.125 e. The van der Waals surface area contributed by atoms with Crippen LogP contribution < -0.4 is 5.32 Å². The zero-order valence-electron chi connectivity index (χ0n) is 11.4. The monoisotopic (exact) mass is 267 g/mol. The van der Waals surface area contributed by atoms with E-state index in [1.807, 2.05) is 59.5 Å². The Morgan fingerprint density at radius 1 is 1.20 bits per heavy atom. The maximum absolute atomic E-state index is 5.52. The molecule has 0 spiro atoms. The van der Waals surface area contributed by atoms with Gasteiger partial charge in [0.25, 0.3) is 0 Å². The third kappa shape index (κ3) is 2.51. The number of benzene rings is 1.